The van der Waals surface area contributed by atoms with Gasteiger partial charge < -0.3 is 10.6 Å². The third-order valence-electron chi connectivity index (χ3n) is 3.22. The molecular weight excluding hydrogens is 196 g/mol. The second-order valence-electron chi connectivity index (χ2n) is 5.10. The van der Waals surface area contributed by atoms with Crippen molar-refractivity contribution in [2.75, 3.05) is 19.6 Å². The number of rotatable bonds is 12. The van der Waals surface area contributed by atoms with Crippen molar-refractivity contribution in [3.63, 3.8) is 0 Å². The molecule has 2 N–H and O–H groups in total. The topological polar surface area (TPSA) is 24.1 Å². The maximum Gasteiger partial charge on any atom is 0.00682 e. The molecule has 0 amide bonds. The molecule has 0 aromatic rings. The van der Waals surface area contributed by atoms with Crippen LogP contribution in [0.4, 0.5) is 0 Å². The zero-order chi connectivity index (χ0) is 11.5. The summed E-state index contributed by atoms with van der Waals surface area (Å²) in [6, 6.07) is 0.893. The lowest BCUT2D eigenvalue weighted by atomic mass is 10.1. The third-order valence-corrected chi connectivity index (χ3v) is 3.22. The minimum Gasteiger partial charge on any atom is -0.317 e. The van der Waals surface area contributed by atoms with Gasteiger partial charge in [0.15, 0.2) is 0 Å². The summed E-state index contributed by atoms with van der Waals surface area (Å²) in [5, 5.41) is 7.03. The maximum absolute atomic E-state index is 3.57. The molecule has 0 aromatic heterocycles. The molecule has 1 saturated carbocycles. The first-order valence-electron chi connectivity index (χ1n) is 7.37. The summed E-state index contributed by atoms with van der Waals surface area (Å²) in [7, 11) is 0. The molecule has 0 saturated heterocycles. The summed E-state index contributed by atoms with van der Waals surface area (Å²) in [6.07, 6.45) is 12.5. The lowest BCUT2D eigenvalue weighted by Crippen LogP contribution is -2.17. The molecule has 0 spiro atoms. The van der Waals surface area contributed by atoms with Gasteiger partial charge in [-0.15, -0.1) is 0 Å². The van der Waals surface area contributed by atoms with E-state index in [4.69, 9.17) is 0 Å². The minimum atomic E-state index is 0.893. The van der Waals surface area contributed by atoms with Gasteiger partial charge in [-0.05, 0) is 51.7 Å². The number of unbranched alkanes of at least 4 members (excludes halogenated alkanes) is 5. The molecule has 0 heterocycles. The van der Waals surface area contributed by atoms with Crippen LogP contribution in [-0.2, 0) is 0 Å². The van der Waals surface area contributed by atoms with E-state index in [1.54, 1.807) is 0 Å². The molecule has 2 heteroatoms. The first-order chi connectivity index (χ1) is 7.93. The van der Waals surface area contributed by atoms with Crippen molar-refractivity contribution < 1.29 is 0 Å². The van der Waals surface area contributed by atoms with Crippen molar-refractivity contribution in [3.05, 3.63) is 0 Å². The number of hydrogen-bond donors (Lipinski definition) is 2. The van der Waals surface area contributed by atoms with E-state index in [-0.39, 0.29) is 0 Å². The first-order valence-corrected chi connectivity index (χ1v) is 7.37. The smallest absolute Gasteiger partial charge is 0.00682 e. The van der Waals surface area contributed by atoms with E-state index in [1.165, 1.54) is 77.4 Å². The number of hydrogen-bond acceptors (Lipinski definition) is 2. The predicted molar refractivity (Wildman–Crippen MR) is 71.9 cm³/mol. The van der Waals surface area contributed by atoms with Crippen LogP contribution >= 0.6 is 0 Å². The molecular formula is C14H30N2. The highest BCUT2D eigenvalue weighted by Crippen LogP contribution is 2.18. The third kappa shape index (κ3) is 9.17. The summed E-state index contributed by atoms with van der Waals surface area (Å²) >= 11 is 0. The van der Waals surface area contributed by atoms with Crippen molar-refractivity contribution in [3.8, 4) is 0 Å². The minimum absolute atomic E-state index is 0.893. The predicted octanol–water partition coefficient (Wildman–Crippen LogP) is 3.08. The van der Waals surface area contributed by atoms with Gasteiger partial charge in [-0.3, -0.25) is 0 Å². The molecule has 0 bridgehead atoms. The van der Waals surface area contributed by atoms with Crippen LogP contribution in [0.1, 0.15) is 64.7 Å². The van der Waals surface area contributed by atoms with Crippen LogP contribution in [0.3, 0.4) is 0 Å². The van der Waals surface area contributed by atoms with Crippen LogP contribution in [0.15, 0.2) is 0 Å². The first kappa shape index (κ1) is 14.0. The average molecular weight is 226 g/mol. The van der Waals surface area contributed by atoms with Crippen LogP contribution in [0.2, 0.25) is 0 Å². The van der Waals surface area contributed by atoms with Crippen molar-refractivity contribution in [1.82, 2.24) is 10.6 Å². The normalized spacial score (nSPS) is 15.6. The molecule has 16 heavy (non-hydrogen) atoms. The number of nitrogens with one attached hydrogen (secondary N) is 2. The summed E-state index contributed by atoms with van der Waals surface area (Å²) < 4.78 is 0. The quantitative estimate of drug-likeness (QED) is 0.500. The van der Waals surface area contributed by atoms with Crippen molar-refractivity contribution in [1.29, 1.82) is 0 Å². The summed E-state index contributed by atoms with van der Waals surface area (Å²) in [5.74, 6) is 0. The molecule has 1 fully saturated rings. The fraction of sp³-hybridized carbons (Fsp3) is 1.00. The van der Waals surface area contributed by atoms with E-state index >= 15 is 0 Å². The Kier molecular flexibility index (Phi) is 8.83. The lowest BCUT2D eigenvalue weighted by Gasteiger charge is -2.04. The van der Waals surface area contributed by atoms with Gasteiger partial charge >= 0.3 is 0 Å². The molecule has 0 radical (unpaired) electrons. The lowest BCUT2D eigenvalue weighted by molar-refractivity contribution is 0.548. The maximum atomic E-state index is 3.57. The standard InChI is InChI=1S/C14H30N2/c1-2-11-15-12-7-5-3-4-6-8-13-16-14-9-10-14/h14-16H,2-13H2,1H3. The zero-order valence-corrected chi connectivity index (χ0v) is 11.1. The van der Waals surface area contributed by atoms with Gasteiger partial charge in [0.25, 0.3) is 0 Å². The Morgan fingerprint density at radius 1 is 0.812 bits per heavy atom. The molecule has 0 aliphatic heterocycles. The van der Waals surface area contributed by atoms with Crippen LogP contribution in [0.5, 0.6) is 0 Å². The van der Waals surface area contributed by atoms with E-state index in [0.29, 0.717) is 0 Å². The fourth-order valence-corrected chi connectivity index (χ4v) is 1.98. The van der Waals surface area contributed by atoms with Crippen molar-refractivity contribution in [2.24, 2.45) is 0 Å². The summed E-state index contributed by atoms with van der Waals surface area (Å²) in [4.78, 5) is 0. The highest BCUT2D eigenvalue weighted by molar-refractivity contribution is 4.80. The fourth-order valence-electron chi connectivity index (χ4n) is 1.98. The molecule has 1 aliphatic rings. The van der Waals surface area contributed by atoms with Crippen molar-refractivity contribution >= 4 is 0 Å². The van der Waals surface area contributed by atoms with Gasteiger partial charge in [0.1, 0.15) is 0 Å². The van der Waals surface area contributed by atoms with Gasteiger partial charge in [0.2, 0.25) is 0 Å². The van der Waals surface area contributed by atoms with E-state index < -0.39 is 0 Å². The van der Waals surface area contributed by atoms with Crippen LogP contribution in [0, 0.1) is 0 Å². The van der Waals surface area contributed by atoms with Gasteiger partial charge in [-0.1, -0.05) is 32.6 Å². The molecule has 1 aliphatic carbocycles. The van der Waals surface area contributed by atoms with Gasteiger partial charge in [0.05, 0.1) is 0 Å². The summed E-state index contributed by atoms with van der Waals surface area (Å²) in [5.41, 5.74) is 0. The Morgan fingerprint density at radius 3 is 2.06 bits per heavy atom. The van der Waals surface area contributed by atoms with Crippen LogP contribution in [-0.4, -0.2) is 25.7 Å². The van der Waals surface area contributed by atoms with Gasteiger partial charge in [-0.2, -0.15) is 0 Å². The Morgan fingerprint density at radius 2 is 1.44 bits per heavy atom. The molecule has 0 atom stereocenters. The largest absolute Gasteiger partial charge is 0.317 e. The highest BCUT2D eigenvalue weighted by atomic mass is 14.9. The second kappa shape index (κ2) is 10.1. The molecule has 1 rings (SSSR count). The van der Waals surface area contributed by atoms with E-state index in [2.05, 4.69) is 17.6 Å². The Balaban J connectivity index is 1.61. The Labute approximate surface area is 102 Å². The molecule has 0 unspecified atom stereocenters. The van der Waals surface area contributed by atoms with E-state index in [0.717, 1.165) is 6.04 Å². The van der Waals surface area contributed by atoms with E-state index in [9.17, 15) is 0 Å². The van der Waals surface area contributed by atoms with Gasteiger partial charge in [0, 0.05) is 6.04 Å². The molecule has 96 valence electrons. The Bertz CT molecular complexity index is 144. The highest BCUT2D eigenvalue weighted by Gasteiger charge is 2.19. The monoisotopic (exact) mass is 226 g/mol. The molecule has 2 nitrogen and oxygen atoms in total. The average Bonchev–Trinajstić information content (AvgIpc) is 3.10. The molecule has 0 aromatic carbocycles. The summed E-state index contributed by atoms with van der Waals surface area (Å²) in [6.45, 7) is 5.88. The van der Waals surface area contributed by atoms with E-state index in [1.807, 2.05) is 0 Å². The van der Waals surface area contributed by atoms with Crippen LogP contribution < -0.4 is 10.6 Å². The zero-order valence-electron chi connectivity index (χ0n) is 11.1. The second-order valence-corrected chi connectivity index (χ2v) is 5.10. The SMILES string of the molecule is CCCNCCCCCCCCNC1CC1. The van der Waals surface area contributed by atoms with Gasteiger partial charge in [-0.25, -0.2) is 0 Å². The van der Waals surface area contributed by atoms with Crippen LogP contribution in [0.25, 0.3) is 0 Å². The van der Waals surface area contributed by atoms with Crippen molar-refractivity contribution in [2.45, 2.75) is 70.8 Å². The Hall–Kier alpha value is -0.0800.